The Hall–Kier alpha value is -2.79. The summed E-state index contributed by atoms with van der Waals surface area (Å²) in [6.07, 6.45) is -0.432. The van der Waals surface area contributed by atoms with E-state index < -0.39 is 11.7 Å². The average Bonchev–Trinajstić information content (AvgIpc) is 3.13. The summed E-state index contributed by atoms with van der Waals surface area (Å²) in [5.41, 5.74) is 2.35. The molecular weight excluding hydrogens is 350 g/mol. The molecule has 0 atom stereocenters. The lowest BCUT2D eigenvalue weighted by Crippen LogP contribution is -2.27. The number of fused-ring (bicyclic) bond motifs is 2. The number of hydrogen-bond acceptors (Lipinski definition) is 3. The van der Waals surface area contributed by atoms with Crippen molar-refractivity contribution in [2.24, 2.45) is 0 Å². The SMILES string of the molecule is CC(C)(C)OC(=O)n1c(-c2n[nH]c3cc(Cl)ccc23)cc2ccccc21. The highest BCUT2D eigenvalue weighted by molar-refractivity contribution is 6.31. The zero-order valence-electron chi connectivity index (χ0n) is 14.7. The van der Waals surface area contributed by atoms with Crippen LogP contribution in [0.5, 0.6) is 0 Å². The molecule has 2 aromatic carbocycles. The van der Waals surface area contributed by atoms with Crippen molar-refractivity contribution in [3.05, 3.63) is 53.6 Å². The first-order chi connectivity index (χ1) is 12.3. The number of aromatic nitrogens is 3. The summed E-state index contributed by atoms with van der Waals surface area (Å²) in [4.78, 5) is 12.9. The highest BCUT2D eigenvalue weighted by Gasteiger charge is 2.24. The van der Waals surface area contributed by atoms with Crippen LogP contribution in [0.3, 0.4) is 0 Å². The first-order valence-corrected chi connectivity index (χ1v) is 8.69. The summed E-state index contributed by atoms with van der Waals surface area (Å²) in [7, 11) is 0. The van der Waals surface area contributed by atoms with E-state index in [0.29, 0.717) is 16.4 Å². The minimum absolute atomic E-state index is 0.432. The van der Waals surface area contributed by atoms with E-state index in [4.69, 9.17) is 16.3 Å². The normalized spacial score (nSPS) is 12.0. The van der Waals surface area contributed by atoms with Crippen LogP contribution in [-0.4, -0.2) is 26.5 Å². The van der Waals surface area contributed by atoms with E-state index in [0.717, 1.165) is 21.8 Å². The van der Waals surface area contributed by atoms with Crippen LogP contribution in [0.25, 0.3) is 33.2 Å². The molecule has 4 rings (SSSR count). The smallest absolute Gasteiger partial charge is 0.419 e. The number of nitrogens with zero attached hydrogens (tertiary/aromatic N) is 2. The van der Waals surface area contributed by atoms with Crippen molar-refractivity contribution in [3.8, 4) is 11.4 Å². The van der Waals surface area contributed by atoms with Crippen LogP contribution in [0.4, 0.5) is 4.79 Å². The van der Waals surface area contributed by atoms with Gasteiger partial charge in [0.1, 0.15) is 11.3 Å². The van der Waals surface area contributed by atoms with Crippen molar-refractivity contribution >= 4 is 39.5 Å². The van der Waals surface area contributed by atoms with E-state index in [1.54, 1.807) is 4.57 Å². The van der Waals surface area contributed by atoms with Crippen LogP contribution in [-0.2, 0) is 4.74 Å². The van der Waals surface area contributed by atoms with Crippen LogP contribution < -0.4 is 0 Å². The monoisotopic (exact) mass is 367 g/mol. The van der Waals surface area contributed by atoms with Crippen molar-refractivity contribution in [3.63, 3.8) is 0 Å². The molecule has 0 unspecified atom stereocenters. The molecule has 0 radical (unpaired) electrons. The Bertz CT molecular complexity index is 1140. The molecule has 0 saturated carbocycles. The highest BCUT2D eigenvalue weighted by atomic mass is 35.5. The fourth-order valence-electron chi connectivity index (χ4n) is 3.02. The quantitative estimate of drug-likeness (QED) is 0.475. The molecule has 0 bridgehead atoms. The first-order valence-electron chi connectivity index (χ1n) is 8.31. The number of ether oxygens (including phenoxy) is 1. The molecule has 0 fully saturated rings. The van der Waals surface area contributed by atoms with E-state index in [2.05, 4.69) is 10.2 Å². The first kappa shape index (κ1) is 16.7. The number of H-pyrrole nitrogens is 1. The molecule has 0 saturated heterocycles. The van der Waals surface area contributed by atoms with E-state index >= 15 is 0 Å². The van der Waals surface area contributed by atoms with Gasteiger partial charge in [-0.1, -0.05) is 29.8 Å². The third-order valence-electron chi connectivity index (χ3n) is 4.05. The van der Waals surface area contributed by atoms with Crippen molar-refractivity contribution < 1.29 is 9.53 Å². The topological polar surface area (TPSA) is 59.9 Å². The van der Waals surface area contributed by atoms with Gasteiger partial charge in [-0.25, -0.2) is 9.36 Å². The van der Waals surface area contributed by atoms with Gasteiger partial charge in [-0.05, 0) is 51.1 Å². The van der Waals surface area contributed by atoms with E-state index in [9.17, 15) is 4.79 Å². The third-order valence-corrected chi connectivity index (χ3v) is 4.29. The largest absolute Gasteiger partial charge is 0.443 e. The van der Waals surface area contributed by atoms with Crippen molar-refractivity contribution in [2.45, 2.75) is 26.4 Å². The number of rotatable bonds is 1. The third kappa shape index (κ3) is 2.84. The van der Waals surface area contributed by atoms with E-state index in [-0.39, 0.29) is 0 Å². The second kappa shape index (κ2) is 5.88. The van der Waals surface area contributed by atoms with Gasteiger partial charge in [0.2, 0.25) is 0 Å². The molecule has 6 heteroatoms. The average molecular weight is 368 g/mol. The lowest BCUT2D eigenvalue weighted by Gasteiger charge is -2.20. The van der Waals surface area contributed by atoms with Crippen LogP contribution in [0.1, 0.15) is 20.8 Å². The van der Waals surface area contributed by atoms with Gasteiger partial charge >= 0.3 is 6.09 Å². The zero-order valence-corrected chi connectivity index (χ0v) is 15.5. The lowest BCUT2D eigenvalue weighted by molar-refractivity contribution is 0.0547. The molecule has 0 aliphatic heterocycles. The molecule has 2 heterocycles. The number of hydrogen-bond donors (Lipinski definition) is 1. The highest BCUT2D eigenvalue weighted by Crippen LogP contribution is 2.33. The zero-order chi connectivity index (χ0) is 18.5. The van der Waals surface area contributed by atoms with E-state index in [1.807, 2.05) is 69.3 Å². The van der Waals surface area contributed by atoms with Crippen LogP contribution >= 0.6 is 11.6 Å². The number of aromatic amines is 1. The van der Waals surface area contributed by atoms with Gasteiger partial charge in [0.25, 0.3) is 0 Å². The number of carbonyl (C=O) groups is 1. The second-order valence-electron chi connectivity index (χ2n) is 7.17. The Morgan fingerprint density at radius 2 is 1.92 bits per heavy atom. The molecule has 4 aromatic rings. The van der Waals surface area contributed by atoms with E-state index in [1.165, 1.54) is 0 Å². The molecule has 0 aliphatic carbocycles. The number of benzene rings is 2. The predicted octanol–water partition coefficient (Wildman–Crippen LogP) is 5.62. The van der Waals surface area contributed by atoms with Gasteiger partial charge in [0.15, 0.2) is 0 Å². The lowest BCUT2D eigenvalue weighted by atomic mass is 10.1. The minimum Gasteiger partial charge on any atom is -0.443 e. The Morgan fingerprint density at radius 1 is 1.15 bits per heavy atom. The van der Waals surface area contributed by atoms with Crippen molar-refractivity contribution in [1.29, 1.82) is 0 Å². The molecule has 5 nitrogen and oxygen atoms in total. The Balaban J connectivity index is 1.97. The van der Waals surface area contributed by atoms with Crippen LogP contribution in [0.15, 0.2) is 48.5 Å². The van der Waals surface area contributed by atoms with Crippen molar-refractivity contribution in [2.75, 3.05) is 0 Å². The molecule has 0 amide bonds. The van der Waals surface area contributed by atoms with Gasteiger partial charge in [-0.2, -0.15) is 5.10 Å². The number of halogens is 1. The predicted molar refractivity (Wildman–Crippen MR) is 104 cm³/mol. The Kier molecular flexibility index (Phi) is 3.77. The molecule has 1 N–H and O–H groups in total. The number of nitrogens with one attached hydrogen (secondary N) is 1. The maximum absolute atomic E-state index is 12.9. The molecule has 0 spiro atoms. The molecule has 26 heavy (non-hydrogen) atoms. The van der Waals surface area contributed by atoms with Gasteiger partial charge in [-0.3, -0.25) is 5.10 Å². The minimum atomic E-state index is -0.596. The summed E-state index contributed by atoms with van der Waals surface area (Å²) in [6, 6.07) is 15.2. The van der Waals surface area contributed by atoms with Gasteiger partial charge in [0, 0.05) is 15.8 Å². The molecule has 132 valence electrons. The fraction of sp³-hybridized carbons (Fsp3) is 0.200. The number of carbonyl (C=O) groups excluding carboxylic acids is 1. The molecular formula is C20H18ClN3O2. The Labute approximate surface area is 155 Å². The second-order valence-corrected chi connectivity index (χ2v) is 7.60. The Morgan fingerprint density at radius 3 is 2.69 bits per heavy atom. The van der Waals surface area contributed by atoms with Gasteiger partial charge in [0.05, 0.1) is 16.7 Å². The molecule has 2 aromatic heterocycles. The molecule has 0 aliphatic rings. The maximum atomic E-state index is 12.9. The van der Waals surface area contributed by atoms with Crippen LogP contribution in [0, 0.1) is 0 Å². The summed E-state index contributed by atoms with van der Waals surface area (Å²) < 4.78 is 7.20. The summed E-state index contributed by atoms with van der Waals surface area (Å²) in [5.74, 6) is 0. The fourth-order valence-corrected chi connectivity index (χ4v) is 3.19. The van der Waals surface area contributed by atoms with Gasteiger partial charge < -0.3 is 4.74 Å². The number of para-hydroxylation sites is 1. The van der Waals surface area contributed by atoms with Crippen molar-refractivity contribution in [1.82, 2.24) is 14.8 Å². The summed E-state index contributed by atoms with van der Waals surface area (Å²) in [5, 5.41) is 9.87. The standard InChI is InChI=1S/C20H18ClN3O2/c1-20(2,3)26-19(25)24-16-7-5-4-6-12(16)10-17(24)18-14-9-8-13(21)11-15(14)22-23-18/h4-11H,1-3H3,(H,22,23). The summed E-state index contributed by atoms with van der Waals surface area (Å²) >= 11 is 6.07. The summed E-state index contributed by atoms with van der Waals surface area (Å²) in [6.45, 7) is 5.55. The van der Waals surface area contributed by atoms with Gasteiger partial charge in [-0.15, -0.1) is 0 Å². The van der Waals surface area contributed by atoms with Crippen LogP contribution in [0.2, 0.25) is 5.02 Å². The maximum Gasteiger partial charge on any atom is 0.419 e.